The number of hydrogen-bond acceptors (Lipinski definition) is 3. The summed E-state index contributed by atoms with van der Waals surface area (Å²) in [7, 11) is 0. The lowest BCUT2D eigenvalue weighted by atomic mass is 9.86. The zero-order valence-electron chi connectivity index (χ0n) is 14.7. The van der Waals surface area contributed by atoms with E-state index in [0.717, 1.165) is 12.1 Å². The van der Waals surface area contributed by atoms with Crippen molar-refractivity contribution in [1.82, 2.24) is 4.40 Å². The summed E-state index contributed by atoms with van der Waals surface area (Å²) in [6, 6.07) is 7.32. The molecule has 0 spiro atoms. The molecule has 0 saturated heterocycles. The highest BCUT2D eigenvalue weighted by Gasteiger charge is 2.62. The van der Waals surface area contributed by atoms with Gasteiger partial charge in [-0.3, -0.25) is 0 Å². The second-order valence-corrected chi connectivity index (χ2v) is 7.40. The average Bonchev–Trinajstić information content (AvgIpc) is 3.32. The van der Waals surface area contributed by atoms with Crippen molar-refractivity contribution in [1.29, 1.82) is 0 Å². The summed E-state index contributed by atoms with van der Waals surface area (Å²) in [6.07, 6.45) is -4.22. The van der Waals surface area contributed by atoms with Gasteiger partial charge in [-0.25, -0.2) is 9.18 Å². The van der Waals surface area contributed by atoms with E-state index in [9.17, 15) is 27.5 Å². The van der Waals surface area contributed by atoms with Crippen molar-refractivity contribution in [2.75, 3.05) is 0 Å². The number of oxime groups is 1. The van der Waals surface area contributed by atoms with Crippen LogP contribution in [0.15, 0.2) is 47.8 Å². The normalized spacial score (nSPS) is 19.1. The lowest BCUT2D eigenvalue weighted by Gasteiger charge is -2.29. The van der Waals surface area contributed by atoms with Crippen LogP contribution < -0.4 is 0 Å². The fourth-order valence-electron chi connectivity index (χ4n) is 3.39. The number of fused-ring (bicyclic) bond motifs is 1. The number of alkyl halides is 3. The van der Waals surface area contributed by atoms with E-state index in [0.29, 0.717) is 5.52 Å². The zero-order chi connectivity index (χ0) is 21.8. The first kappa shape index (κ1) is 20.5. The number of carbonyl (C=O) groups is 1. The SMILES string of the molecule is O=C(O)c1ccc(C2=NOC(c3cc(Cl)c(F)c(Cl)c3)(C(F)(F)F)C2)c2cccn12. The highest BCUT2D eigenvalue weighted by molar-refractivity contribution is 6.35. The molecule has 1 aliphatic heterocycles. The highest BCUT2D eigenvalue weighted by Crippen LogP contribution is 2.50. The Bertz CT molecular complexity index is 1200. The van der Waals surface area contributed by atoms with Crippen LogP contribution in [0.4, 0.5) is 17.6 Å². The monoisotopic (exact) mass is 460 g/mol. The first-order valence-electron chi connectivity index (χ1n) is 8.36. The molecular formula is C19H10Cl2F4N2O3. The molecule has 0 bridgehead atoms. The summed E-state index contributed by atoms with van der Waals surface area (Å²) in [4.78, 5) is 16.3. The largest absolute Gasteiger partial charge is 0.477 e. The number of aromatic nitrogens is 1. The van der Waals surface area contributed by atoms with Crippen LogP contribution in [-0.2, 0) is 10.4 Å². The first-order chi connectivity index (χ1) is 14.0. The topological polar surface area (TPSA) is 63.3 Å². The predicted octanol–water partition coefficient (Wildman–Crippen LogP) is 5.67. The van der Waals surface area contributed by atoms with Gasteiger partial charge in [0.1, 0.15) is 5.69 Å². The maximum absolute atomic E-state index is 14.1. The Hall–Kier alpha value is -2.78. The maximum Gasteiger partial charge on any atom is 0.435 e. The molecule has 5 nitrogen and oxygen atoms in total. The van der Waals surface area contributed by atoms with Crippen molar-refractivity contribution in [3.63, 3.8) is 0 Å². The number of nitrogens with zero attached hydrogens (tertiary/aromatic N) is 2. The van der Waals surface area contributed by atoms with Crippen molar-refractivity contribution < 1.29 is 32.3 Å². The molecule has 2 aromatic heterocycles. The molecule has 0 aliphatic carbocycles. The molecule has 156 valence electrons. The van der Waals surface area contributed by atoms with Crippen LogP contribution in [0.1, 0.15) is 28.0 Å². The van der Waals surface area contributed by atoms with E-state index in [4.69, 9.17) is 28.0 Å². The molecule has 11 heteroatoms. The maximum atomic E-state index is 14.1. The van der Waals surface area contributed by atoms with E-state index >= 15 is 0 Å². The molecule has 30 heavy (non-hydrogen) atoms. The first-order valence-corrected chi connectivity index (χ1v) is 9.11. The number of aromatic carboxylic acids is 1. The number of pyridine rings is 1. The van der Waals surface area contributed by atoms with Crippen LogP contribution >= 0.6 is 23.2 Å². The van der Waals surface area contributed by atoms with Crippen LogP contribution in [0.2, 0.25) is 10.0 Å². The minimum absolute atomic E-state index is 0.0652. The third-order valence-electron chi connectivity index (χ3n) is 4.86. The fourth-order valence-corrected chi connectivity index (χ4v) is 3.88. The van der Waals surface area contributed by atoms with Crippen molar-refractivity contribution in [2.45, 2.75) is 18.2 Å². The molecule has 3 heterocycles. The Labute approximate surface area is 176 Å². The van der Waals surface area contributed by atoms with E-state index in [1.54, 1.807) is 12.1 Å². The molecule has 0 amide bonds. The minimum Gasteiger partial charge on any atom is -0.477 e. The molecule has 3 aromatic rings. The Morgan fingerprint density at radius 2 is 1.87 bits per heavy atom. The summed E-state index contributed by atoms with van der Waals surface area (Å²) in [5, 5.41) is 11.8. The van der Waals surface area contributed by atoms with E-state index in [1.807, 2.05) is 0 Å². The summed E-state index contributed by atoms with van der Waals surface area (Å²) >= 11 is 11.4. The van der Waals surface area contributed by atoms with Gasteiger partial charge < -0.3 is 14.3 Å². The third-order valence-corrected chi connectivity index (χ3v) is 5.41. The Kier molecular flexibility index (Phi) is 4.70. The summed E-state index contributed by atoms with van der Waals surface area (Å²) < 4.78 is 57.4. The smallest absolute Gasteiger partial charge is 0.435 e. The molecule has 0 saturated carbocycles. The predicted molar refractivity (Wildman–Crippen MR) is 101 cm³/mol. The van der Waals surface area contributed by atoms with Gasteiger partial charge in [-0.15, -0.1) is 0 Å². The number of carboxylic acids is 1. The number of hydrogen-bond donors (Lipinski definition) is 1. The molecule has 1 unspecified atom stereocenters. The number of rotatable bonds is 3. The standard InChI is InChI=1S/C19H10Cl2F4N2O3/c20-11-6-9(7-12(21)16(11)22)18(19(23,24)25)8-13(26-30-18)10-3-4-15(17(28)29)27-5-1-2-14(10)27/h1-7H,8H2,(H,28,29). The molecule has 0 fully saturated rings. The average molecular weight is 461 g/mol. The Balaban J connectivity index is 1.83. The van der Waals surface area contributed by atoms with Gasteiger partial charge in [-0.05, 0) is 36.4 Å². The van der Waals surface area contributed by atoms with Crippen molar-refractivity contribution in [2.24, 2.45) is 5.16 Å². The van der Waals surface area contributed by atoms with Gasteiger partial charge in [-0.2, -0.15) is 13.2 Å². The Morgan fingerprint density at radius 1 is 1.20 bits per heavy atom. The van der Waals surface area contributed by atoms with Crippen LogP contribution in [0.3, 0.4) is 0 Å². The van der Waals surface area contributed by atoms with E-state index in [2.05, 4.69) is 5.16 Å². The van der Waals surface area contributed by atoms with Gasteiger partial charge >= 0.3 is 12.1 Å². The van der Waals surface area contributed by atoms with Crippen molar-refractivity contribution in [3.05, 3.63) is 75.3 Å². The summed E-state index contributed by atoms with van der Waals surface area (Å²) in [5.41, 5.74) is -2.97. The molecule has 1 N–H and O–H groups in total. The van der Waals surface area contributed by atoms with Gasteiger partial charge in [0.15, 0.2) is 5.82 Å². The van der Waals surface area contributed by atoms with Gasteiger partial charge in [0.05, 0.1) is 27.7 Å². The highest BCUT2D eigenvalue weighted by atomic mass is 35.5. The van der Waals surface area contributed by atoms with Crippen LogP contribution in [-0.4, -0.2) is 27.4 Å². The summed E-state index contributed by atoms with van der Waals surface area (Å²) in [6.45, 7) is 0. The summed E-state index contributed by atoms with van der Waals surface area (Å²) in [5.74, 6) is -2.25. The van der Waals surface area contributed by atoms with E-state index in [1.165, 1.54) is 22.7 Å². The van der Waals surface area contributed by atoms with Gasteiger partial charge in [0.2, 0.25) is 0 Å². The second kappa shape index (κ2) is 6.88. The van der Waals surface area contributed by atoms with Gasteiger partial charge in [0.25, 0.3) is 5.60 Å². The second-order valence-electron chi connectivity index (χ2n) is 6.59. The molecular weight excluding hydrogens is 451 g/mol. The van der Waals surface area contributed by atoms with Crippen molar-refractivity contribution in [3.8, 4) is 0 Å². The molecule has 4 rings (SSSR count). The number of halogens is 6. The van der Waals surface area contributed by atoms with Gasteiger partial charge in [-0.1, -0.05) is 28.4 Å². The van der Waals surface area contributed by atoms with E-state index < -0.39 is 45.6 Å². The fraction of sp³-hybridized carbons (Fsp3) is 0.158. The quantitative estimate of drug-likeness (QED) is 0.404. The Morgan fingerprint density at radius 3 is 2.47 bits per heavy atom. The zero-order valence-corrected chi connectivity index (χ0v) is 16.2. The molecule has 1 atom stereocenters. The van der Waals surface area contributed by atoms with Crippen LogP contribution in [0, 0.1) is 5.82 Å². The molecule has 1 aliphatic rings. The number of carboxylic acid groups (broad SMARTS) is 1. The van der Waals surface area contributed by atoms with Crippen molar-refractivity contribution >= 4 is 40.4 Å². The van der Waals surface area contributed by atoms with Gasteiger partial charge in [0, 0.05) is 17.3 Å². The number of benzene rings is 1. The molecule has 0 radical (unpaired) electrons. The lowest BCUT2D eigenvalue weighted by Crippen LogP contribution is -2.42. The van der Waals surface area contributed by atoms with E-state index in [-0.39, 0.29) is 17.0 Å². The third kappa shape index (κ3) is 3.00. The van der Waals surface area contributed by atoms with Crippen LogP contribution in [0.25, 0.3) is 5.52 Å². The van der Waals surface area contributed by atoms with Crippen LogP contribution in [0.5, 0.6) is 0 Å². The minimum atomic E-state index is -4.94. The lowest BCUT2D eigenvalue weighted by molar-refractivity contribution is -0.275. The molecule has 1 aromatic carbocycles.